The van der Waals surface area contributed by atoms with Crippen molar-refractivity contribution in [1.82, 2.24) is 0 Å². The maximum atomic E-state index is 13.8. The Kier molecular flexibility index (Phi) is 6.49. The molecular formula is C26H30O3. The first kappa shape index (κ1) is 21.2. The van der Waals surface area contributed by atoms with Crippen LogP contribution in [0, 0.1) is 11.3 Å². The summed E-state index contributed by atoms with van der Waals surface area (Å²) >= 11 is 0. The zero-order valence-electron chi connectivity index (χ0n) is 17.1. The lowest BCUT2D eigenvalue weighted by Crippen LogP contribution is -2.58. The van der Waals surface area contributed by atoms with Gasteiger partial charge in [-0.2, -0.15) is 0 Å². The number of carbonyl (C=O) groups is 2. The highest BCUT2D eigenvalue weighted by Crippen LogP contribution is 2.62. The van der Waals surface area contributed by atoms with Crippen LogP contribution in [0.3, 0.4) is 0 Å². The minimum atomic E-state index is -1.05. The summed E-state index contributed by atoms with van der Waals surface area (Å²) in [5.74, 6) is 0.138. The third-order valence-electron chi connectivity index (χ3n) is 6.50. The Morgan fingerprint density at radius 2 is 1.79 bits per heavy atom. The molecule has 3 atom stereocenters. The molecular weight excluding hydrogens is 360 g/mol. The van der Waals surface area contributed by atoms with Crippen molar-refractivity contribution in [2.45, 2.75) is 44.1 Å². The van der Waals surface area contributed by atoms with Crippen LogP contribution < -0.4 is 0 Å². The van der Waals surface area contributed by atoms with E-state index in [1.807, 2.05) is 48.6 Å². The average Bonchev–Trinajstić information content (AvgIpc) is 2.94. The Balaban J connectivity index is 2.23. The first-order chi connectivity index (χ1) is 14.1. The number of hydrogen-bond donors (Lipinski definition) is 0. The third kappa shape index (κ3) is 3.38. The monoisotopic (exact) mass is 390 g/mol. The first-order valence-electron chi connectivity index (χ1n) is 10.4. The summed E-state index contributed by atoms with van der Waals surface area (Å²) < 4.78 is 6.28. The van der Waals surface area contributed by atoms with Crippen LogP contribution in [0.25, 0.3) is 0 Å². The Labute approximate surface area is 173 Å². The van der Waals surface area contributed by atoms with Crippen molar-refractivity contribution >= 4 is 11.6 Å². The molecule has 1 heterocycles. The highest BCUT2D eigenvalue weighted by molar-refractivity contribution is 6.11. The molecule has 1 aromatic carbocycles. The number of rotatable bonds is 10. The Morgan fingerprint density at radius 3 is 2.45 bits per heavy atom. The number of allylic oxidation sites excluding steroid dienone is 3. The zero-order chi connectivity index (χ0) is 20.9. The number of ketones is 2. The van der Waals surface area contributed by atoms with Crippen LogP contribution in [0.15, 0.2) is 79.9 Å². The highest BCUT2D eigenvalue weighted by Gasteiger charge is 2.68. The van der Waals surface area contributed by atoms with Gasteiger partial charge >= 0.3 is 0 Å². The molecule has 1 aliphatic carbocycles. The average molecular weight is 391 g/mol. The summed E-state index contributed by atoms with van der Waals surface area (Å²) in [5, 5.41) is 0. The molecule has 152 valence electrons. The molecule has 3 heteroatoms. The van der Waals surface area contributed by atoms with E-state index in [4.69, 9.17) is 4.74 Å². The van der Waals surface area contributed by atoms with E-state index < -0.39 is 11.0 Å². The molecule has 1 saturated heterocycles. The fourth-order valence-corrected chi connectivity index (χ4v) is 5.24. The molecule has 3 nitrogen and oxygen atoms in total. The normalized spacial score (nSPS) is 28.8. The maximum absolute atomic E-state index is 13.8. The lowest BCUT2D eigenvalue weighted by atomic mass is 9.52. The van der Waals surface area contributed by atoms with E-state index in [9.17, 15) is 9.59 Å². The van der Waals surface area contributed by atoms with Crippen LogP contribution in [0.5, 0.6) is 0 Å². The molecule has 1 saturated carbocycles. The molecule has 3 rings (SSSR count). The Morgan fingerprint density at radius 1 is 1.07 bits per heavy atom. The second-order valence-electron chi connectivity index (χ2n) is 7.93. The predicted molar refractivity (Wildman–Crippen MR) is 117 cm³/mol. The Hall–Kier alpha value is -2.52. The van der Waals surface area contributed by atoms with E-state index in [0.717, 1.165) is 12.8 Å². The van der Waals surface area contributed by atoms with Gasteiger partial charge in [-0.3, -0.25) is 9.59 Å². The fourth-order valence-electron chi connectivity index (χ4n) is 5.24. The quantitative estimate of drug-likeness (QED) is 0.224. The van der Waals surface area contributed by atoms with Crippen LogP contribution in [0.1, 0.15) is 48.9 Å². The van der Waals surface area contributed by atoms with E-state index in [1.54, 1.807) is 6.08 Å². The second kappa shape index (κ2) is 8.87. The minimum Gasteiger partial charge on any atom is -0.366 e. The molecule has 2 fully saturated rings. The number of fused-ring (bicyclic) bond motifs is 2. The molecule has 0 N–H and O–H groups in total. The molecule has 0 radical (unpaired) electrons. The summed E-state index contributed by atoms with van der Waals surface area (Å²) in [6.45, 7) is 12.1. The van der Waals surface area contributed by atoms with Crippen LogP contribution in [-0.4, -0.2) is 23.8 Å². The second-order valence-corrected chi connectivity index (χ2v) is 7.93. The number of benzene rings is 1. The van der Waals surface area contributed by atoms with E-state index in [0.29, 0.717) is 43.4 Å². The molecule has 1 aromatic rings. The van der Waals surface area contributed by atoms with Crippen LogP contribution in [-0.2, 0) is 9.53 Å². The minimum absolute atomic E-state index is 0.0323. The largest absolute Gasteiger partial charge is 0.366 e. The highest BCUT2D eigenvalue weighted by atomic mass is 16.5. The summed E-state index contributed by atoms with van der Waals surface area (Å²) in [5.41, 5.74) is -0.447. The molecule has 2 aliphatic rings. The van der Waals surface area contributed by atoms with Crippen molar-refractivity contribution < 1.29 is 14.3 Å². The molecule has 1 aliphatic heterocycles. The molecule has 3 unspecified atom stereocenters. The summed E-state index contributed by atoms with van der Waals surface area (Å²) in [6.07, 6.45) is 11.0. The number of carbonyl (C=O) groups excluding carboxylic acids is 2. The molecule has 0 spiro atoms. The van der Waals surface area contributed by atoms with Gasteiger partial charge in [0.25, 0.3) is 0 Å². The molecule has 2 bridgehead atoms. The van der Waals surface area contributed by atoms with Gasteiger partial charge in [-0.25, -0.2) is 0 Å². The van der Waals surface area contributed by atoms with E-state index in [1.165, 1.54) is 0 Å². The van der Waals surface area contributed by atoms with Crippen LogP contribution in [0.4, 0.5) is 0 Å². The molecule has 0 aromatic heterocycles. The molecule has 29 heavy (non-hydrogen) atoms. The van der Waals surface area contributed by atoms with Gasteiger partial charge in [0.2, 0.25) is 0 Å². The van der Waals surface area contributed by atoms with Crippen LogP contribution in [0.2, 0.25) is 0 Å². The van der Waals surface area contributed by atoms with Gasteiger partial charge in [-0.1, -0.05) is 54.6 Å². The van der Waals surface area contributed by atoms with Crippen LogP contribution >= 0.6 is 0 Å². The van der Waals surface area contributed by atoms with Gasteiger partial charge in [0, 0.05) is 29.4 Å². The van der Waals surface area contributed by atoms with Gasteiger partial charge in [0.15, 0.2) is 11.6 Å². The lowest BCUT2D eigenvalue weighted by Gasteiger charge is -2.49. The summed E-state index contributed by atoms with van der Waals surface area (Å²) in [7, 11) is 0. The van der Waals surface area contributed by atoms with Crippen molar-refractivity contribution in [2.75, 3.05) is 6.61 Å². The standard InChI is InChI=1S/C26H30O3/c1-4-7-9-14-22(24(28)20-12-10-8-11-13-20)25(17-5-2)21-15-16-23(27)26(25,18-6-3)29-19-21/h4-6,8,10-14,21H,1-3,7,9,15-19H2/b22-14-. The van der Waals surface area contributed by atoms with Crippen molar-refractivity contribution in [3.8, 4) is 0 Å². The maximum Gasteiger partial charge on any atom is 0.189 e. The Bertz CT molecular complexity index is 835. The zero-order valence-corrected chi connectivity index (χ0v) is 17.1. The summed E-state index contributed by atoms with van der Waals surface area (Å²) in [4.78, 5) is 27.1. The van der Waals surface area contributed by atoms with Crippen molar-refractivity contribution in [3.63, 3.8) is 0 Å². The lowest BCUT2D eigenvalue weighted by molar-refractivity contribution is -0.149. The first-order valence-corrected chi connectivity index (χ1v) is 10.4. The van der Waals surface area contributed by atoms with Crippen molar-refractivity contribution in [3.05, 3.63) is 85.5 Å². The smallest absolute Gasteiger partial charge is 0.189 e. The number of ether oxygens (including phenoxy) is 1. The van der Waals surface area contributed by atoms with Gasteiger partial charge in [-0.05, 0) is 31.6 Å². The molecule has 0 amide bonds. The predicted octanol–water partition coefficient (Wildman–Crippen LogP) is 5.65. The van der Waals surface area contributed by atoms with Crippen molar-refractivity contribution in [2.24, 2.45) is 11.3 Å². The van der Waals surface area contributed by atoms with Gasteiger partial charge in [-0.15, -0.1) is 19.7 Å². The van der Waals surface area contributed by atoms with E-state index in [2.05, 4.69) is 19.7 Å². The van der Waals surface area contributed by atoms with E-state index in [-0.39, 0.29) is 17.5 Å². The SMILES string of the molecule is C=CCC/C=C(/C(=O)c1ccccc1)C1(CC=C)C2CCC(=O)C1(CC=C)OC2. The third-order valence-corrected chi connectivity index (χ3v) is 6.50. The number of Topliss-reactive ketones (excluding diaryl/α,β-unsaturated/α-hetero) is 2. The summed E-state index contributed by atoms with van der Waals surface area (Å²) in [6, 6.07) is 9.29. The fraction of sp³-hybridized carbons (Fsp3) is 0.385. The topological polar surface area (TPSA) is 43.4 Å². The van der Waals surface area contributed by atoms with Gasteiger partial charge in [0.1, 0.15) is 5.60 Å². The number of hydrogen-bond acceptors (Lipinski definition) is 3. The van der Waals surface area contributed by atoms with Crippen molar-refractivity contribution in [1.29, 1.82) is 0 Å². The number of unbranched alkanes of at least 4 members (excludes halogenated alkanes) is 1. The van der Waals surface area contributed by atoms with E-state index >= 15 is 0 Å². The van der Waals surface area contributed by atoms with Gasteiger partial charge in [0.05, 0.1) is 6.61 Å². The van der Waals surface area contributed by atoms with Gasteiger partial charge < -0.3 is 4.74 Å².